The van der Waals surface area contributed by atoms with Gasteiger partial charge in [-0.3, -0.25) is 9.69 Å². The van der Waals surface area contributed by atoms with Crippen molar-refractivity contribution in [2.45, 2.75) is 17.8 Å². The summed E-state index contributed by atoms with van der Waals surface area (Å²) in [5, 5.41) is 23.9. The van der Waals surface area contributed by atoms with Gasteiger partial charge in [0.1, 0.15) is 11.6 Å². The van der Waals surface area contributed by atoms with Gasteiger partial charge in [0, 0.05) is 27.4 Å². The summed E-state index contributed by atoms with van der Waals surface area (Å²) < 4.78 is 69.8. The number of fused-ring (bicyclic) bond motifs is 2. The second-order valence-corrected chi connectivity index (χ2v) is 9.75. The largest absolute Gasteiger partial charge is 0.423 e. The third kappa shape index (κ3) is 4.17. The molecule has 210 valence electrons. The van der Waals surface area contributed by atoms with Gasteiger partial charge in [-0.05, 0) is 48.5 Å². The predicted molar refractivity (Wildman–Crippen MR) is 135 cm³/mol. The highest BCUT2D eigenvalue weighted by Crippen LogP contribution is 2.49. The number of anilines is 2. The maximum absolute atomic E-state index is 14.2. The molecule has 0 fully saturated rings. The minimum Gasteiger partial charge on any atom is -0.375 e. The van der Waals surface area contributed by atoms with Crippen LogP contribution >= 0.6 is 11.6 Å². The molecule has 0 bridgehead atoms. The Balaban J connectivity index is 1.46. The van der Waals surface area contributed by atoms with Gasteiger partial charge in [0.05, 0.1) is 41.9 Å². The SMILES string of the molecule is O=C1N[C@@H](c2cc(F)ccc2Cl)c2c(NC(=O)N3C[C@@](O)(C(F)(F)F)c4cc(F)ccc43)ccc(-n3nccn3)c21. The van der Waals surface area contributed by atoms with Crippen molar-refractivity contribution in [1.82, 2.24) is 20.3 Å². The minimum absolute atomic E-state index is 0.0000163. The molecule has 3 aromatic carbocycles. The van der Waals surface area contributed by atoms with Crippen LogP contribution in [0, 0.1) is 11.6 Å². The molecule has 9 nitrogen and oxygen atoms in total. The molecule has 4 aromatic rings. The maximum atomic E-state index is 14.2. The molecule has 0 aliphatic carbocycles. The van der Waals surface area contributed by atoms with Crippen LogP contribution in [0.3, 0.4) is 0 Å². The lowest BCUT2D eigenvalue weighted by Crippen LogP contribution is -2.48. The number of alkyl halides is 3. The Bertz CT molecular complexity index is 1730. The smallest absolute Gasteiger partial charge is 0.375 e. The molecule has 41 heavy (non-hydrogen) atoms. The average Bonchev–Trinajstić information content (AvgIpc) is 3.64. The zero-order valence-electron chi connectivity index (χ0n) is 20.4. The standard InChI is InChI=1S/C26H16ClF5N6O3/c27-16-3-1-12(28)9-14(16)22-20-17(4-6-19(21(20)23(39)36-22)38-33-7-8-34-38)35-24(40)37-11-25(41,26(30,31)32)15-10-13(29)2-5-18(15)37/h1-10,22,41H,11H2,(H,35,40)(H,36,39)/t22-,25-/m0/s1. The molecule has 2 aliphatic heterocycles. The van der Waals surface area contributed by atoms with E-state index in [9.17, 15) is 36.6 Å². The number of carbonyl (C=O) groups excluding carboxylic acids is 2. The first-order valence-corrected chi connectivity index (χ1v) is 12.2. The Morgan fingerprint density at radius 3 is 2.41 bits per heavy atom. The lowest BCUT2D eigenvalue weighted by Gasteiger charge is -2.27. The van der Waals surface area contributed by atoms with Gasteiger partial charge in [0.25, 0.3) is 5.91 Å². The van der Waals surface area contributed by atoms with Gasteiger partial charge in [-0.15, -0.1) is 0 Å². The number of halogens is 6. The molecule has 2 aliphatic rings. The Morgan fingerprint density at radius 2 is 1.71 bits per heavy atom. The summed E-state index contributed by atoms with van der Waals surface area (Å²) in [5.41, 5.74) is -4.29. The first-order valence-electron chi connectivity index (χ1n) is 11.9. The number of hydrogen-bond donors (Lipinski definition) is 3. The molecule has 0 unspecified atom stereocenters. The molecule has 1 aromatic heterocycles. The summed E-state index contributed by atoms with van der Waals surface area (Å²) in [7, 11) is 0. The molecule has 2 atom stereocenters. The van der Waals surface area contributed by atoms with Crippen LogP contribution in [0.2, 0.25) is 5.02 Å². The normalized spacial score (nSPS) is 19.6. The highest BCUT2D eigenvalue weighted by Gasteiger charge is 2.61. The van der Waals surface area contributed by atoms with E-state index in [2.05, 4.69) is 20.8 Å². The van der Waals surface area contributed by atoms with Gasteiger partial charge in [-0.25, -0.2) is 13.6 Å². The minimum atomic E-state index is -5.24. The Morgan fingerprint density at radius 1 is 1.05 bits per heavy atom. The van der Waals surface area contributed by atoms with E-state index >= 15 is 0 Å². The molecule has 0 saturated carbocycles. The molecular weight excluding hydrogens is 575 g/mol. The van der Waals surface area contributed by atoms with Crippen molar-refractivity contribution in [1.29, 1.82) is 0 Å². The summed E-state index contributed by atoms with van der Waals surface area (Å²) in [4.78, 5) is 28.4. The molecule has 3 amide bonds. The van der Waals surface area contributed by atoms with Gasteiger partial charge < -0.3 is 15.7 Å². The number of rotatable bonds is 3. The molecule has 0 spiro atoms. The van der Waals surface area contributed by atoms with Gasteiger partial charge in [-0.2, -0.15) is 28.2 Å². The number of β-amino-alcohol motifs (C(OH)–C–C–N with tert-alkyl or cyclic N) is 1. The van der Waals surface area contributed by atoms with Gasteiger partial charge in [0.15, 0.2) is 0 Å². The Labute approximate surface area is 232 Å². The van der Waals surface area contributed by atoms with Gasteiger partial charge in [-0.1, -0.05) is 11.6 Å². The van der Waals surface area contributed by atoms with Crippen molar-refractivity contribution in [3.63, 3.8) is 0 Å². The topological polar surface area (TPSA) is 112 Å². The van der Waals surface area contributed by atoms with E-state index in [0.717, 1.165) is 29.1 Å². The summed E-state index contributed by atoms with van der Waals surface area (Å²) in [6.45, 7) is -1.26. The van der Waals surface area contributed by atoms with Crippen LogP contribution in [0.25, 0.3) is 5.69 Å². The molecule has 3 N–H and O–H groups in total. The van der Waals surface area contributed by atoms with Gasteiger partial charge in [0.2, 0.25) is 5.60 Å². The predicted octanol–water partition coefficient (Wildman–Crippen LogP) is 4.83. The quantitative estimate of drug-likeness (QED) is 0.296. The number of hydrogen-bond acceptors (Lipinski definition) is 5. The maximum Gasteiger partial charge on any atom is 0.423 e. The zero-order valence-corrected chi connectivity index (χ0v) is 21.1. The first-order chi connectivity index (χ1) is 19.4. The van der Waals surface area contributed by atoms with E-state index in [1.54, 1.807) is 0 Å². The lowest BCUT2D eigenvalue weighted by atomic mass is 9.95. The number of nitrogens with zero attached hydrogens (tertiary/aromatic N) is 4. The van der Waals surface area contributed by atoms with Crippen LogP contribution in [0.4, 0.5) is 38.1 Å². The summed E-state index contributed by atoms with van der Waals surface area (Å²) in [5.74, 6) is -2.33. The molecule has 0 saturated heterocycles. The second kappa shape index (κ2) is 9.24. The fraction of sp³-hybridized carbons (Fsp3) is 0.154. The van der Waals surface area contributed by atoms with Crippen LogP contribution in [0.15, 0.2) is 60.9 Å². The third-order valence-electron chi connectivity index (χ3n) is 6.96. The van der Waals surface area contributed by atoms with Crippen LogP contribution in [-0.2, 0) is 5.60 Å². The van der Waals surface area contributed by atoms with Crippen molar-refractivity contribution < 1.29 is 36.6 Å². The first kappa shape index (κ1) is 26.7. The number of carbonyl (C=O) groups is 2. The van der Waals surface area contributed by atoms with Crippen LogP contribution in [0.5, 0.6) is 0 Å². The summed E-state index contributed by atoms with van der Waals surface area (Å²) in [6, 6.07) is 6.40. The lowest BCUT2D eigenvalue weighted by molar-refractivity contribution is -0.258. The Kier molecular flexibility index (Phi) is 6.01. The van der Waals surface area contributed by atoms with Crippen molar-refractivity contribution in [2.24, 2.45) is 0 Å². The number of amides is 3. The number of urea groups is 1. The molecule has 0 radical (unpaired) electrons. The van der Waals surface area contributed by atoms with E-state index in [-0.39, 0.29) is 38.8 Å². The van der Waals surface area contributed by atoms with Crippen molar-refractivity contribution in [3.8, 4) is 5.69 Å². The fourth-order valence-electron chi connectivity index (χ4n) is 5.09. The van der Waals surface area contributed by atoms with E-state index in [1.807, 2.05) is 0 Å². The molecule has 6 rings (SSSR count). The second-order valence-electron chi connectivity index (χ2n) is 9.35. The Hall–Kier alpha value is -4.56. The monoisotopic (exact) mass is 590 g/mol. The van der Waals surface area contributed by atoms with Crippen LogP contribution < -0.4 is 15.5 Å². The van der Waals surface area contributed by atoms with E-state index in [1.165, 1.54) is 30.6 Å². The molecule has 15 heteroatoms. The van der Waals surface area contributed by atoms with E-state index in [4.69, 9.17) is 11.6 Å². The van der Waals surface area contributed by atoms with E-state index < -0.39 is 53.5 Å². The van der Waals surface area contributed by atoms with Crippen molar-refractivity contribution in [3.05, 3.63) is 99.8 Å². The molecular formula is C26H16ClF5N6O3. The van der Waals surface area contributed by atoms with E-state index in [0.29, 0.717) is 11.0 Å². The fourth-order valence-corrected chi connectivity index (χ4v) is 5.31. The summed E-state index contributed by atoms with van der Waals surface area (Å²) in [6.07, 6.45) is -2.50. The zero-order chi connectivity index (χ0) is 29.3. The third-order valence-corrected chi connectivity index (χ3v) is 7.30. The van der Waals surface area contributed by atoms with Crippen LogP contribution in [0.1, 0.15) is 33.1 Å². The number of nitrogens with one attached hydrogen (secondary N) is 2. The van der Waals surface area contributed by atoms with Crippen LogP contribution in [-0.4, -0.2) is 44.8 Å². The van der Waals surface area contributed by atoms with Gasteiger partial charge >= 0.3 is 12.2 Å². The molecule has 3 heterocycles. The number of aliphatic hydroxyl groups is 1. The number of benzene rings is 3. The average molecular weight is 591 g/mol. The summed E-state index contributed by atoms with van der Waals surface area (Å²) >= 11 is 6.33. The van der Waals surface area contributed by atoms with Crippen molar-refractivity contribution >= 4 is 34.9 Å². The van der Waals surface area contributed by atoms with Crippen molar-refractivity contribution in [2.75, 3.05) is 16.8 Å². The highest BCUT2D eigenvalue weighted by molar-refractivity contribution is 6.31. The number of aromatic nitrogens is 3. The highest BCUT2D eigenvalue weighted by atomic mass is 35.5.